The number of hydrogen-bond donors (Lipinski definition) is 1. The standard InChI is InChI=1S/C15H24N2O4S/c1-4-17(11(2)10-22(3,19)20)15(18)16-13-6-5-7-14-12(13)8-9-21-14/h8-9,11,13H,4-7,10H2,1-3H3,(H,16,18)/t11-,13-/m0/s1. The van der Waals surface area contributed by atoms with E-state index in [0.29, 0.717) is 6.54 Å². The van der Waals surface area contributed by atoms with Crippen LogP contribution in [0.25, 0.3) is 0 Å². The lowest BCUT2D eigenvalue weighted by Crippen LogP contribution is -2.48. The molecule has 6 nitrogen and oxygen atoms in total. The number of amides is 2. The second kappa shape index (κ2) is 6.73. The van der Waals surface area contributed by atoms with Crippen molar-refractivity contribution in [3.05, 3.63) is 23.7 Å². The second-order valence-electron chi connectivity index (χ2n) is 5.92. The van der Waals surface area contributed by atoms with Gasteiger partial charge in [0, 0.05) is 30.8 Å². The van der Waals surface area contributed by atoms with Crippen LogP contribution >= 0.6 is 0 Å². The molecule has 1 aromatic heterocycles. The van der Waals surface area contributed by atoms with Gasteiger partial charge in [-0.2, -0.15) is 0 Å². The smallest absolute Gasteiger partial charge is 0.318 e. The Balaban J connectivity index is 2.05. The fraction of sp³-hybridized carbons (Fsp3) is 0.667. The lowest BCUT2D eigenvalue weighted by Gasteiger charge is -2.31. The summed E-state index contributed by atoms with van der Waals surface area (Å²) < 4.78 is 28.3. The van der Waals surface area contributed by atoms with Gasteiger partial charge < -0.3 is 14.6 Å². The van der Waals surface area contributed by atoms with Gasteiger partial charge in [0.15, 0.2) is 0 Å². The Bertz CT molecular complexity index is 623. The lowest BCUT2D eigenvalue weighted by atomic mass is 9.93. The number of rotatable bonds is 5. The van der Waals surface area contributed by atoms with E-state index in [4.69, 9.17) is 4.42 Å². The molecule has 0 aromatic carbocycles. The molecule has 0 aliphatic heterocycles. The average Bonchev–Trinajstić information content (AvgIpc) is 2.86. The number of sulfone groups is 1. The summed E-state index contributed by atoms with van der Waals surface area (Å²) >= 11 is 0. The fourth-order valence-corrected chi connectivity index (χ4v) is 4.11. The molecule has 1 aliphatic rings. The SMILES string of the molecule is CCN(C(=O)N[C@H]1CCCc2occc21)[C@@H](C)CS(C)(=O)=O. The molecule has 0 saturated heterocycles. The summed E-state index contributed by atoms with van der Waals surface area (Å²) in [6.07, 6.45) is 5.58. The molecule has 2 atom stereocenters. The fourth-order valence-electron chi connectivity index (χ4n) is 3.05. The number of hydrogen-bond acceptors (Lipinski definition) is 4. The van der Waals surface area contributed by atoms with Crippen LogP contribution in [-0.4, -0.2) is 43.9 Å². The van der Waals surface area contributed by atoms with Crippen LogP contribution < -0.4 is 5.32 Å². The van der Waals surface area contributed by atoms with Crippen molar-refractivity contribution < 1.29 is 17.6 Å². The van der Waals surface area contributed by atoms with Crippen molar-refractivity contribution in [1.82, 2.24) is 10.2 Å². The molecule has 0 bridgehead atoms. The molecule has 1 aromatic rings. The molecule has 0 spiro atoms. The number of aryl methyl sites for hydroxylation is 1. The summed E-state index contributed by atoms with van der Waals surface area (Å²) in [5, 5.41) is 3.01. The van der Waals surface area contributed by atoms with Crippen LogP contribution in [0.2, 0.25) is 0 Å². The van der Waals surface area contributed by atoms with Gasteiger partial charge >= 0.3 is 6.03 Å². The average molecular weight is 328 g/mol. The Kier molecular flexibility index (Phi) is 5.16. The predicted octanol–water partition coefficient (Wildman–Crippen LogP) is 2.12. The summed E-state index contributed by atoms with van der Waals surface area (Å²) in [6, 6.07) is 1.26. The second-order valence-corrected chi connectivity index (χ2v) is 8.11. The minimum absolute atomic E-state index is 0.0319. The highest BCUT2D eigenvalue weighted by molar-refractivity contribution is 7.90. The van der Waals surface area contributed by atoms with Crippen LogP contribution in [-0.2, 0) is 16.3 Å². The number of nitrogens with one attached hydrogen (secondary N) is 1. The van der Waals surface area contributed by atoms with Gasteiger partial charge in [-0.15, -0.1) is 0 Å². The Hall–Kier alpha value is -1.50. The Morgan fingerprint density at radius 2 is 2.27 bits per heavy atom. The highest BCUT2D eigenvalue weighted by Crippen LogP contribution is 2.30. The molecular formula is C15H24N2O4S. The van der Waals surface area contributed by atoms with Gasteiger partial charge in [-0.25, -0.2) is 13.2 Å². The zero-order chi connectivity index (χ0) is 16.3. The number of fused-ring (bicyclic) bond motifs is 1. The first kappa shape index (κ1) is 16.9. The summed E-state index contributed by atoms with van der Waals surface area (Å²) in [4.78, 5) is 14.1. The van der Waals surface area contributed by atoms with Gasteiger partial charge in [-0.1, -0.05) is 0 Å². The van der Waals surface area contributed by atoms with Gasteiger partial charge in [0.25, 0.3) is 0 Å². The van der Waals surface area contributed by atoms with Crippen molar-refractivity contribution in [2.75, 3.05) is 18.6 Å². The third-order valence-electron chi connectivity index (χ3n) is 4.03. The summed E-state index contributed by atoms with van der Waals surface area (Å²) in [5.74, 6) is 0.902. The van der Waals surface area contributed by atoms with E-state index in [2.05, 4.69) is 5.32 Å². The molecule has 0 unspecified atom stereocenters. The Morgan fingerprint density at radius 1 is 1.55 bits per heavy atom. The normalized spacial score (nSPS) is 19.3. The zero-order valence-corrected chi connectivity index (χ0v) is 14.1. The van der Waals surface area contributed by atoms with Crippen molar-refractivity contribution in [2.45, 2.75) is 45.2 Å². The molecule has 1 heterocycles. The van der Waals surface area contributed by atoms with E-state index in [1.54, 1.807) is 18.1 Å². The monoisotopic (exact) mass is 328 g/mol. The van der Waals surface area contributed by atoms with E-state index < -0.39 is 9.84 Å². The van der Waals surface area contributed by atoms with Crippen LogP contribution in [0.15, 0.2) is 16.7 Å². The molecule has 1 aliphatic carbocycles. The van der Waals surface area contributed by atoms with Gasteiger partial charge in [-0.3, -0.25) is 0 Å². The first-order chi connectivity index (χ1) is 10.3. The molecule has 22 heavy (non-hydrogen) atoms. The van der Waals surface area contributed by atoms with Crippen LogP contribution in [0.3, 0.4) is 0 Å². The maximum absolute atomic E-state index is 12.5. The molecule has 0 fully saturated rings. The molecule has 0 saturated carbocycles. The van der Waals surface area contributed by atoms with E-state index in [0.717, 1.165) is 30.6 Å². The van der Waals surface area contributed by atoms with Crippen molar-refractivity contribution in [1.29, 1.82) is 0 Å². The number of urea groups is 1. The largest absolute Gasteiger partial charge is 0.469 e. The van der Waals surface area contributed by atoms with E-state index in [1.165, 1.54) is 6.26 Å². The summed E-state index contributed by atoms with van der Waals surface area (Å²) in [5.41, 5.74) is 1.03. The number of furan rings is 1. The summed E-state index contributed by atoms with van der Waals surface area (Å²) in [7, 11) is -3.12. The first-order valence-electron chi connectivity index (χ1n) is 7.63. The lowest BCUT2D eigenvalue weighted by molar-refractivity contribution is 0.182. The maximum atomic E-state index is 12.5. The molecule has 2 amide bonds. The highest BCUT2D eigenvalue weighted by Gasteiger charge is 2.28. The summed E-state index contributed by atoms with van der Waals surface area (Å²) in [6.45, 7) is 4.07. The van der Waals surface area contributed by atoms with Crippen molar-refractivity contribution in [3.63, 3.8) is 0 Å². The van der Waals surface area contributed by atoms with E-state index >= 15 is 0 Å². The number of carbonyl (C=O) groups excluding carboxylic acids is 1. The van der Waals surface area contributed by atoms with Gasteiger partial charge in [-0.05, 0) is 32.8 Å². The molecule has 0 radical (unpaired) electrons. The van der Waals surface area contributed by atoms with Crippen LogP contribution in [0.1, 0.15) is 44.1 Å². The third-order valence-corrected chi connectivity index (χ3v) is 5.12. The minimum atomic E-state index is -3.12. The van der Waals surface area contributed by atoms with E-state index in [9.17, 15) is 13.2 Å². The Labute approximate surface area is 131 Å². The molecular weight excluding hydrogens is 304 g/mol. The van der Waals surface area contributed by atoms with Crippen LogP contribution in [0.5, 0.6) is 0 Å². The molecule has 7 heteroatoms. The van der Waals surface area contributed by atoms with Crippen molar-refractivity contribution >= 4 is 15.9 Å². The number of nitrogens with zero attached hydrogens (tertiary/aromatic N) is 1. The molecule has 1 N–H and O–H groups in total. The van der Waals surface area contributed by atoms with Gasteiger partial charge in [0.05, 0.1) is 18.1 Å². The van der Waals surface area contributed by atoms with Crippen molar-refractivity contribution in [3.8, 4) is 0 Å². The first-order valence-corrected chi connectivity index (χ1v) is 9.69. The quantitative estimate of drug-likeness (QED) is 0.898. The van der Waals surface area contributed by atoms with E-state index in [1.807, 2.05) is 13.0 Å². The van der Waals surface area contributed by atoms with Gasteiger partial charge in [0.1, 0.15) is 15.6 Å². The minimum Gasteiger partial charge on any atom is -0.469 e. The zero-order valence-electron chi connectivity index (χ0n) is 13.3. The molecule has 124 valence electrons. The Morgan fingerprint density at radius 3 is 2.91 bits per heavy atom. The third kappa shape index (κ3) is 4.03. The maximum Gasteiger partial charge on any atom is 0.318 e. The molecule has 2 rings (SSSR count). The predicted molar refractivity (Wildman–Crippen MR) is 84.5 cm³/mol. The van der Waals surface area contributed by atoms with E-state index in [-0.39, 0.29) is 23.9 Å². The highest BCUT2D eigenvalue weighted by atomic mass is 32.2. The number of carbonyl (C=O) groups is 1. The van der Waals surface area contributed by atoms with Crippen LogP contribution in [0, 0.1) is 0 Å². The van der Waals surface area contributed by atoms with Gasteiger partial charge in [0.2, 0.25) is 0 Å². The van der Waals surface area contributed by atoms with Crippen LogP contribution in [0.4, 0.5) is 4.79 Å². The van der Waals surface area contributed by atoms with Crippen molar-refractivity contribution in [2.24, 2.45) is 0 Å². The topological polar surface area (TPSA) is 79.6 Å².